The van der Waals surface area contributed by atoms with E-state index < -0.39 is 14.0 Å². The van der Waals surface area contributed by atoms with Crippen LogP contribution in [0.2, 0.25) is 28.2 Å². The highest BCUT2D eigenvalue weighted by molar-refractivity contribution is 14.1. The normalized spacial score (nSPS) is 18.9. The second-order valence-electron chi connectivity index (χ2n) is 18.7. The molecule has 1 aliphatic heterocycles. The summed E-state index contributed by atoms with van der Waals surface area (Å²) in [7, 11) is -0.554. The van der Waals surface area contributed by atoms with Gasteiger partial charge in [0.1, 0.15) is 17.2 Å². The Bertz CT molecular complexity index is 2470. The van der Waals surface area contributed by atoms with Crippen molar-refractivity contribution in [3.05, 3.63) is 129 Å². The highest BCUT2D eigenvalue weighted by Crippen LogP contribution is 2.58. The molecule has 1 saturated heterocycles. The van der Waals surface area contributed by atoms with E-state index >= 15 is 0 Å². The first-order valence-electron chi connectivity index (χ1n) is 21.8. The Hall–Kier alpha value is -2.64. The number of methoxy groups -OCH3 is 1. The summed E-state index contributed by atoms with van der Waals surface area (Å²) in [6.07, 6.45) is 14.0. The molecule has 8 rings (SSSR count). The molecule has 1 aromatic heterocycles. The molecule has 61 heavy (non-hydrogen) atoms. The van der Waals surface area contributed by atoms with E-state index in [0.717, 1.165) is 70.6 Å². The molecule has 0 spiro atoms. The Labute approximate surface area is 402 Å². The largest absolute Gasteiger partial charge is 0.542 e. The number of para-hydroxylation sites is 2. The van der Waals surface area contributed by atoms with Crippen molar-refractivity contribution in [2.24, 2.45) is 0 Å². The molecule has 10 heteroatoms. The van der Waals surface area contributed by atoms with E-state index in [0.29, 0.717) is 23.0 Å². The maximum atomic E-state index is 8.07. The van der Waals surface area contributed by atoms with Gasteiger partial charge in [-0.3, -0.25) is 0 Å². The lowest BCUT2D eigenvalue weighted by atomic mass is 9.80. The first-order chi connectivity index (χ1) is 29.1. The minimum atomic E-state index is -2.28. The monoisotopic (exact) mass is 1100 g/mol. The molecule has 2 heterocycles. The van der Waals surface area contributed by atoms with Crippen LogP contribution in [0.5, 0.6) is 17.2 Å². The van der Waals surface area contributed by atoms with E-state index in [2.05, 4.69) is 145 Å². The number of ether oxygens (including phenoxy) is 2. The smallest absolute Gasteiger partial charge is 0.250 e. The molecule has 0 saturated carbocycles. The summed E-state index contributed by atoms with van der Waals surface area (Å²) in [5.41, 5.74) is 11.6. The highest BCUT2D eigenvalue weighted by atomic mass is 127. The van der Waals surface area contributed by atoms with Gasteiger partial charge in [0.25, 0.3) is 8.32 Å². The summed E-state index contributed by atoms with van der Waals surface area (Å²) in [4.78, 5) is 2.36. The zero-order chi connectivity index (χ0) is 43.4. The van der Waals surface area contributed by atoms with Gasteiger partial charge in [0.05, 0.1) is 42.6 Å². The Morgan fingerprint density at radius 3 is 1.93 bits per heavy atom. The van der Waals surface area contributed by atoms with Crippen LogP contribution in [0.3, 0.4) is 0 Å². The average Bonchev–Trinajstić information content (AvgIpc) is 3.69. The van der Waals surface area contributed by atoms with Gasteiger partial charge in [-0.2, -0.15) is 0 Å². The van der Waals surface area contributed by atoms with E-state index in [4.69, 9.17) is 37.1 Å². The molecule has 5 nitrogen and oxygen atoms in total. The van der Waals surface area contributed by atoms with Crippen LogP contribution >= 0.6 is 68.4 Å². The van der Waals surface area contributed by atoms with Gasteiger partial charge in [-0.15, -0.1) is 0 Å². The van der Waals surface area contributed by atoms with Crippen LogP contribution in [-0.4, -0.2) is 31.8 Å². The number of aryl methyl sites for hydroxylation is 4. The van der Waals surface area contributed by atoms with Gasteiger partial charge < -0.3 is 23.4 Å². The molecule has 4 aromatic carbocycles. The van der Waals surface area contributed by atoms with Crippen molar-refractivity contribution in [2.75, 3.05) is 12.0 Å². The number of benzene rings is 4. The molecule has 3 aliphatic rings. The molecule has 1 fully saturated rings. The number of fused-ring (bicyclic) bond motifs is 2. The zero-order valence-corrected chi connectivity index (χ0v) is 43.6. The maximum absolute atomic E-state index is 8.07. The third-order valence-corrected chi connectivity index (χ3v) is 20.3. The van der Waals surface area contributed by atoms with Crippen molar-refractivity contribution in [3.63, 3.8) is 0 Å². The molecule has 0 radical (unpaired) electrons. The van der Waals surface area contributed by atoms with Gasteiger partial charge in [-0.25, -0.2) is 0 Å². The molecule has 0 N–H and O–H groups in total. The lowest BCUT2D eigenvalue weighted by Gasteiger charge is -2.39. The molecule has 2 atom stereocenters. The van der Waals surface area contributed by atoms with E-state index in [1.165, 1.54) is 61.2 Å². The third-order valence-electron chi connectivity index (χ3n) is 13.8. The minimum absolute atomic E-state index is 0.0247. The Balaban J connectivity index is 1.39. The predicted molar refractivity (Wildman–Crippen MR) is 275 cm³/mol. The summed E-state index contributed by atoms with van der Waals surface area (Å²) in [5, 5.41) is 1.24. The lowest BCUT2D eigenvalue weighted by molar-refractivity contribution is 0.148. The van der Waals surface area contributed by atoms with Crippen LogP contribution in [0.15, 0.2) is 72.8 Å². The van der Waals surface area contributed by atoms with Crippen LogP contribution in [0, 0.1) is 21.0 Å². The quantitative estimate of drug-likeness (QED) is 0.0709. The zero-order valence-electron chi connectivity index (χ0n) is 36.8. The SMILES string of the molecule is COc1ccccc1/C=C/CC1N(c2c(Cl)cccc2Cl)C1(Cn1c(C)ccc1C)Oc1c(I)cc2c(c1-c1c3c(cc(I)c1O[Si](C)(C)C(C)(C)C)CCCC3)CCCC2. The Kier molecular flexibility index (Phi) is 13.1. The van der Waals surface area contributed by atoms with E-state index in [1.54, 1.807) is 7.11 Å². The van der Waals surface area contributed by atoms with E-state index in [-0.39, 0.29) is 11.1 Å². The first kappa shape index (κ1) is 44.9. The molecule has 2 aliphatic carbocycles. The lowest BCUT2D eigenvalue weighted by Crippen LogP contribution is -2.44. The van der Waals surface area contributed by atoms with Crippen molar-refractivity contribution in [1.29, 1.82) is 0 Å². The minimum Gasteiger partial charge on any atom is -0.542 e. The standard InChI is InChI=1S/C51H58Cl2I2N2O3Si/c1-32-27-28-33(2)56(32)31-51(44(57(51)47-39(52)23-16-24-40(47)53)26-15-20-34-17-11-14-25-43(34)58-6)59-48-41(54)29-35-18-9-12-21-37(35)45(48)46-38-22-13-10-19-36(38)30-42(55)49(46)60-61(7,8)50(3,4)5/h11,14-17,20,23-25,27-30,44H,9-10,12-13,18-19,21-22,26,31H2,1-8H3/b20-15+. The predicted octanol–water partition coefficient (Wildman–Crippen LogP) is 15.2. The van der Waals surface area contributed by atoms with Gasteiger partial charge in [0.15, 0.2) is 0 Å². The van der Waals surface area contributed by atoms with Crippen LogP contribution in [0.25, 0.3) is 17.2 Å². The van der Waals surface area contributed by atoms with Gasteiger partial charge in [-0.05, 0) is 200 Å². The van der Waals surface area contributed by atoms with Crippen molar-refractivity contribution in [2.45, 2.75) is 129 Å². The van der Waals surface area contributed by atoms with Crippen LogP contribution in [0.1, 0.15) is 92.1 Å². The van der Waals surface area contributed by atoms with Gasteiger partial charge >= 0.3 is 0 Å². The van der Waals surface area contributed by atoms with Crippen molar-refractivity contribution >= 4 is 88.5 Å². The fourth-order valence-electron chi connectivity index (χ4n) is 9.37. The van der Waals surface area contributed by atoms with E-state index in [9.17, 15) is 0 Å². The molecule has 0 amide bonds. The highest BCUT2D eigenvalue weighted by Gasteiger charge is 2.67. The molecular weight excluding hydrogens is 1040 g/mol. The van der Waals surface area contributed by atoms with Crippen LogP contribution in [-0.2, 0) is 32.2 Å². The fraction of sp³-hybridized carbons (Fsp3) is 0.412. The summed E-state index contributed by atoms with van der Waals surface area (Å²) in [6.45, 7) is 16.7. The first-order valence-corrected chi connectivity index (χ1v) is 27.6. The number of anilines is 1. The fourth-order valence-corrected chi connectivity index (χ4v) is 12.7. The number of hydrogen-bond acceptors (Lipinski definition) is 4. The van der Waals surface area contributed by atoms with Gasteiger partial charge in [0, 0.05) is 28.1 Å². The van der Waals surface area contributed by atoms with Gasteiger partial charge in [-0.1, -0.05) is 80.4 Å². The average molecular weight is 1100 g/mol. The number of rotatable bonds is 12. The Morgan fingerprint density at radius 2 is 1.34 bits per heavy atom. The summed E-state index contributed by atoms with van der Waals surface area (Å²) < 4.78 is 26.1. The molecule has 2 unspecified atom stereocenters. The third kappa shape index (κ3) is 8.55. The molecular formula is C51H58Cl2I2N2O3Si. The summed E-state index contributed by atoms with van der Waals surface area (Å²) in [5.74, 6) is 2.81. The summed E-state index contributed by atoms with van der Waals surface area (Å²) in [6, 6.07) is 23.1. The number of aromatic nitrogens is 1. The van der Waals surface area contributed by atoms with Gasteiger partial charge in [0.2, 0.25) is 5.72 Å². The second kappa shape index (κ2) is 17.7. The van der Waals surface area contributed by atoms with Crippen molar-refractivity contribution in [3.8, 4) is 28.4 Å². The maximum Gasteiger partial charge on any atom is 0.250 e. The van der Waals surface area contributed by atoms with Crippen LogP contribution < -0.4 is 18.8 Å². The van der Waals surface area contributed by atoms with Crippen molar-refractivity contribution < 1.29 is 13.9 Å². The molecule has 0 bridgehead atoms. The van der Waals surface area contributed by atoms with E-state index in [1.807, 2.05) is 36.4 Å². The number of hydrogen-bond donors (Lipinski definition) is 0. The molecule has 5 aromatic rings. The van der Waals surface area contributed by atoms with Crippen LogP contribution in [0.4, 0.5) is 5.69 Å². The van der Waals surface area contributed by atoms with Crippen molar-refractivity contribution in [1.82, 2.24) is 4.57 Å². The number of nitrogens with zero attached hydrogens (tertiary/aromatic N) is 2. The molecule has 322 valence electrons. The number of halogens is 4. The Morgan fingerprint density at radius 1 is 0.787 bits per heavy atom. The summed E-state index contributed by atoms with van der Waals surface area (Å²) >= 11 is 19.5. The second-order valence-corrected chi connectivity index (χ2v) is 26.5. The topological polar surface area (TPSA) is 35.6 Å².